The van der Waals surface area contributed by atoms with Crippen LogP contribution in [-0.4, -0.2) is 37.5 Å². The lowest BCUT2D eigenvalue weighted by atomic mass is 10.0. The number of ether oxygens (including phenoxy) is 1. The molecule has 0 radical (unpaired) electrons. The summed E-state index contributed by atoms with van der Waals surface area (Å²) in [7, 11) is 0. The van der Waals surface area contributed by atoms with E-state index in [9.17, 15) is 22.7 Å². The number of aliphatic hydroxyl groups is 1. The van der Waals surface area contributed by atoms with Crippen molar-refractivity contribution in [3.8, 4) is 17.3 Å². The predicted octanol–water partition coefficient (Wildman–Crippen LogP) is 2.40. The average Bonchev–Trinajstić information content (AvgIpc) is 3.01. The van der Waals surface area contributed by atoms with E-state index in [1.807, 2.05) is 0 Å². The Bertz CT molecular complexity index is 735. The molecule has 3 rings (SSSR count). The molecule has 0 saturated heterocycles. The maximum atomic E-state index is 13.1. The Morgan fingerprint density at radius 3 is 2.70 bits per heavy atom. The molecule has 0 spiro atoms. The number of halogens is 4. The summed E-state index contributed by atoms with van der Waals surface area (Å²) < 4.78 is 59.1. The monoisotopic (exact) mass is 334 g/mol. The third-order valence-electron chi connectivity index (χ3n) is 3.88. The minimum atomic E-state index is -4.87. The van der Waals surface area contributed by atoms with E-state index in [0.29, 0.717) is 18.3 Å². The second kappa shape index (κ2) is 4.95. The molecule has 0 bridgehead atoms. The van der Waals surface area contributed by atoms with Crippen LogP contribution in [0.4, 0.5) is 17.6 Å². The molecule has 2 aromatic rings. The summed E-state index contributed by atoms with van der Waals surface area (Å²) in [6.07, 6.45) is -3.63. The second-order valence-electron chi connectivity index (χ2n) is 5.56. The normalized spacial score (nSPS) is 19.9. The molecule has 0 unspecified atom stereocenters. The fourth-order valence-corrected chi connectivity index (χ4v) is 2.68. The number of fused-ring (bicyclic) bond motifs is 3. The highest BCUT2D eigenvalue weighted by atomic mass is 19.4. The molecule has 1 aliphatic rings. The smallest absolute Gasteiger partial charge is 0.424 e. The zero-order valence-corrected chi connectivity index (χ0v) is 12.3. The Balaban J connectivity index is 2.13. The number of hydrogen-bond donors (Lipinski definition) is 1. The summed E-state index contributed by atoms with van der Waals surface area (Å²) in [5, 5.41) is 14.0. The van der Waals surface area contributed by atoms with Crippen molar-refractivity contribution in [2.45, 2.75) is 38.2 Å². The zero-order valence-electron chi connectivity index (χ0n) is 12.3. The molecular weight excluding hydrogens is 320 g/mol. The van der Waals surface area contributed by atoms with Crippen LogP contribution in [0.2, 0.25) is 0 Å². The highest BCUT2D eigenvalue weighted by Crippen LogP contribution is 2.42. The van der Waals surface area contributed by atoms with Crippen LogP contribution >= 0.6 is 0 Å². The minimum Gasteiger partial charge on any atom is -0.445 e. The summed E-state index contributed by atoms with van der Waals surface area (Å²) >= 11 is 0. The lowest BCUT2D eigenvalue weighted by molar-refractivity contribution is -0.262. The van der Waals surface area contributed by atoms with Gasteiger partial charge in [0, 0.05) is 6.07 Å². The van der Waals surface area contributed by atoms with Crippen molar-refractivity contribution >= 4 is 0 Å². The molecule has 6 nitrogen and oxygen atoms in total. The lowest BCUT2D eigenvalue weighted by Gasteiger charge is -2.31. The topological polar surface area (TPSA) is 65.1 Å². The number of aromatic nitrogens is 4. The molecule has 0 aromatic carbocycles. The third-order valence-corrected chi connectivity index (χ3v) is 3.88. The molecule has 0 aliphatic carbocycles. The van der Waals surface area contributed by atoms with Gasteiger partial charge in [-0.1, -0.05) is 0 Å². The number of imidazole rings is 1. The fourth-order valence-electron chi connectivity index (χ4n) is 2.68. The molecule has 2 aromatic heterocycles. The van der Waals surface area contributed by atoms with Gasteiger partial charge in [0.15, 0.2) is 5.82 Å². The number of hydrogen-bond acceptors (Lipinski definition) is 4. The van der Waals surface area contributed by atoms with Crippen molar-refractivity contribution in [3.63, 3.8) is 0 Å². The van der Waals surface area contributed by atoms with E-state index in [2.05, 4.69) is 14.8 Å². The van der Waals surface area contributed by atoms with E-state index in [4.69, 9.17) is 0 Å². The van der Waals surface area contributed by atoms with Gasteiger partial charge in [-0.25, -0.2) is 9.37 Å². The number of rotatable bonds is 3. The fraction of sp³-hybridized carbons (Fsp3) is 0.538. The average molecular weight is 334 g/mol. The third kappa shape index (κ3) is 2.28. The quantitative estimate of drug-likeness (QED) is 0.876. The number of nitrogens with zero attached hydrogens (tertiary/aromatic N) is 4. The molecular formula is C13H14F4N4O2. The Hall–Kier alpha value is -2.10. The van der Waals surface area contributed by atoms with Gasteiger partial charge in [-0.05, 0) is 13.8 Å². The van der Waals surface area contributed by atoms with Crippen LogP contribution in [0.25, 0.3) is 11.4 Å². The Morgan fingerprint density at radius 2 is 2.09 bits per heavy atom. The van der Waals surface area contributed by atoms with Gasteiger partial charge in [0.2, 0.25) is 18.3 Å². The Kier molecular flexibility index (Phi) is 3.40. The van der Waals surface area contributed by atoms with Gasteiger partial charge in [0.25, 0.3) is 0 Å². The maximum absolute atomic E-state index is 13.1. The van der Waals surface area contributed by atoms with Crippen molar-refractivity contribution < 1.29 is 27.4 Å². The van der Waals surface area contributed by atoms with Gasteiger partial charge in [-0.15, -0.1) is 5.10 Å². The Morgan fingerprint density at radius 1 is 1.39 bits per heavy atom. The van der Waals surface area contributed by atoms with Gasteiger partial charge >= 0.3 is 6.18 Å². The number of alkyl halides is 4. The molecule has 126 valence electrons. The van der Waals surface area contributed by atoms with Gasteiger partial charge in [0.1, 0.15) is 0 Å². The van der Waals surface area contributed by atoms with Crippen molar-refractivity contribution in [3.05, 3.63) is 18.1 Å². The van der Waals surface area contributed by atoms with Crippen molar-refractivity contribution in [1.29, 1.82) is 0 Å². The van der Waals surface area contributed by atoms with Crippen molar-refractivity contribution in [2.75, 3.05) is 6.86 Å². The first-order valence-corrected chi connectivity index (χ1v) is 6.80. The van der Waals surface area contributed by atoms with E-state index in [1.54, 1.807) is 6.92 Å². The molecule has 10 heteroatoms. The predicted molar refractivity (Wildman–Crippen MR) is 70.4 cm³/mol. The van der Waals surface area contributed by atoms with Crippen LogP contribution in [0.15, 0.2) is 12.3 Å². The summed E-state index contributed by atoms with van der Waals surface area (Å²) in [6.45, 7) is 1.54. The minimum absolute atomic E-state index is 0.0356. The first-order chi connectivity index (χ1) is 10.7. The standard InChI is InChI=1S/C13H14F4N4O2/c1-7-5-20-8(3-10(19-20)23-6-14)9-4-18-11(21(7)9)12(2,22)13(15,16)17/h3-4,7,22H,5-6H2,1-2H3/t7-,12+/m0/s1. The summed E-state index contributed by atoms with van der Waals surface area (Å²) in [6, 6.07) is 0.993. The van der Waals surface area contributed by atoms with Crippen LogP contribution in [0.5, 0.6) is 5.88 Å². The molecule has 1 aliphatic heterocycles. The summed E-state index contributed by atoms with van der Waals surface area (Å²) in [5.41, 5.74) is -2.28. The van der Waals surface area contributed by atoms with E-state index >= 15 is 0 Å². The van der Waals surface area contributed by atoms with E-state index in [0.717, 1.165) is 0 Å². The maximum Gasteiger partial charge on any atom is 0.424 e. The van der Waals surface area contributed by atoms with Gasteiger partial charge in [0.05, 0.1) is 30.2 Å². The first-order valence-electron chi connectivity index (χ1n) is 6.80. The summed E-state index contributed by atoms with van der Waals surface area (Å²) in [4.78, 5) is 3.78. The van der Waals surface area contributed by atoms with E-state index < -0.39 is 30.5 Å². The largest absolute Gasteiger partial charge is 0.445 e. The van der Waals surface area contributed by atoms with Gasteiger partial charge < -0.3 is 14.4 Å². The highest BCUT2D eigenvalue weighted by molar-refractivity contribution is 5.58. The second-order valence-corrected chi connectivity index (χ2v) is 5.56. The van der Waals surface area contributed by atoms with Gasteiger partial charge in [-0.2, -0.15) is 13.2 Å². The SMILES string of the molecule is C[C@H]1Cn2nc(OCF)cc2-c2cnc([C@@](C)(O)C(F)(F)F)n21. The van der Waals surface area contributed by atoms with Crippen LogP contribution in [0.3, 0.4) is 0 Å². The molecule has 0 saturated carbocycles. The molecule has 0 fully saturated rings. The molecule has 2 atom stereocenters. The van der Waals surface area contributed by atoms with Gasteiger partial charge in [-0.3, -0.25) is 4.68 Å². The van der Waals surface area contributed by atoms with Crippen LogP contribution in [-0.2, 0) is 12.1 Å². The van der Waals surface area contributed by atoms with Crippen molar-refractivity contribution in [1.82, 2.24) is 19.3 Å². The molecule has 3 heterocycles. The van der Waals surface area contributed by atoms with Crippen LogP contribution in [0, 0.1) is 0 Å². The van der Waals surface area contributed by atoms with Crippen LogP contribution < -0.4 is 4.74 Å². The lowest BCUT2D eigenvalue weighted by Crippen LogP contribution is -2.42. The zero-order chi connectivity index (χ0) is 17.0. The van der Waals surface area contributed by atoms with Crippen molar-refractivity contribution in [2.24, 2.45) is 0 Å². The molecule has 23 heavy (non-hydrogen) atoms. The van der Waals surface area contributed by atoms with Crippen LogP contribution in [0.1, 0.15) is 25.7 Å². The Labute approximate surface area is 128 Å². The molecule has 1 N–H and O–H groups in total. The van der Waals surface area contributed by atoms with E-state index in [1.165, 1.54) is 21.5 Å². The van der Waals surface area contributed by atoms with E-state index in [-0.39, 0.29) is 12.4 Å². The molecule has 0 amide bonds. The summed E-state index contributed by atoms with van der Waals surface area (Å²) in [5.74, 6) is -0.457. The first kappa shape index (κ1) is 15.8. The highest BCUT2D eigenvalue weighted by Gasteiger charge is 2.55.